The lowest BCUT2D eigenvalue weighted by atomic mass is 10.2. The molecule has 1 N–H and O–H groups in total. The smallest absolute Gasteiger partial charge is 0.223 e. The van der Waals surface area contributed by atoms with Gasteiger partial charge in [-0.3, -0.25) is 9.59 Å². The Balaban J connectivity index is 2.43. The van der Waals surface area contributed by atoms with E-state index in [4.69, 9.17) is 4.74 Å². The summed E-state index contributed by atoms with van der Waals surface area (Å²) < 4.78 is 5.30. The average Bonchev–Trinajstić information content (AvgIpc) is 2.29. The van der Waals surface area contributed by atoms with Crippen molar-refractivity contribution in [1.29, 1.82) is 0 Å². The Hall–Kier alpha value is -1.84. The molecule has 0 aliphatic rings. The molecule has 0 heterocycles. The highest BCUT2D eigenvalue weighted by Gasteiger charge is 1.99. The van der Waals surface area contributed by atoms with Crippen LogP contribution in [0.25, 0.3) is 0 Å². The molecule has 0 atom stereocenters. The summed E-state index contributed by atoms with van der Waals surface area (Å²) in [6.45, 7) is 0.308. The van der Waals surface area contributed by atoms with Gasteiger partial charge in [0.2, 0.25) is 5.91 Å². The predicted molar refractivity (Wildman–Crippen MR) is 56.0 cm³/mol. The first-order valence-corrected chi connectivity index (χ1v) is 4.65. The van der Waals surface area contributed by atoms with Crippen LogP contribution in [0.5, 0.6) is 5.75 Å². The monoisotopic (exact) mass is 207 g/mol. The zero-order chi connectivity index (χ0) is 11.1. The van der Waals surface area contributed by atoms with E-state index in [0.717, 1.165) is 6.29 Å². The van der Waals surface area contributed by atoms with Crippen LogP contribution in [0.15, 0.2) is 24.3 Å². The van der Waals surface area contributed by atoms with Crippen LogP contribution in [0, 0.1) is 0 Å². The molecule has 0 fully saturated rings. The van der Waals surface area contributed by atoms with Crippen molar-refractivity contribution in [2.75, 3.05) is 13.7 Å². The number of nitrogens with one attached hydrogen (secondary N) is 1. The van der Waals surface area contributed by atoms with Gasteiger partial charge in [-0.1, -0.05) is 12.1 Å². The average molecular weight is 207 g/mol. The topological polar surface area (TPSA) is 55.4 Å². The van der Waals surface area contributed by atoms with Crippen LogP contribution in [-0.4, -0.2) is 25.8 Å². The maximum absolute atomic E-state index is 10.9. The predicted octanol–water partition coefficient (Wildman–Crippen LogP) is 1.01. The summed E-state index contributed by atoms with van der Waals surface area (Å²) in [6, 6.07) is 6.81. The Morgan fingerprint density at radius 2 is 2.33 bits per heavy atom. The zero-order valence-electron chi connectivity index (χ0n) is 8.53. The van der Waals surface area contributed by atoms with Gasteiger partial charge in [0.05, 0.1) is 13.0 Å². The van der Waals surface area contributed by atoms with Gasteiger partial charge >= 0.3 is 0 Å². The highest BCUT2D eigenvalue weighted by Crippen LogP contribution is 2.11. The molecule has 0 saturated heterocycles. The molecule has 0 unspecified atom stereocenters. The molecule has 0 saturated carbocycles. The van der Waals surface area contributed by atoms with Crippen molar-refractivity contribution in [2.45, 2.75) is 6.42 Å². The van der Waals surface area contributed by atoms with E-state index in [1.165, 1.54) is 0 Å². The minimum atomic E-state index is -0.0680. The molecule has 1 aromatic carbocycles. The van der Waals surface area contributed by atoms with Crippen LogP contribution in [0.2, 0.25) is 0 Å². The highest BCUT2D eigenvalue weighted by atomic mass is 16.5. The van der Waals surface area contributed by atoms with E-state index in [2.05, 4.69) is 5.32 Å². The summed E-state index contributed by atoms with van der Waals surface area (Å²) in [5, 5.41) is 2.50. The van der Waals surface area contributed by atoms with Gasteiger partial charge < -0.3 is 10.1 Å². The normalized spacial score (nSPS) is 9.40. The Morgan fingerprint density at radius 3 is 3.00 bits per heavy atom. The third-order valence-electron chi connectivity index (χ3n) is 1.87. The lowest BCUT2D eigenvalue weighted by Gasteiger charge is -2.05. The summed E-state index contributed by atoms with van der Waals surface area (Å²) in [6.07, 6.45) is 1.06. The molecule has 0 bridgehead atoms. The molecular formula is C11H13NO3. The minimum absolute atomic E-state index is 0.0680. The summed E-state index contributed by atoms with van der Waals surface area (Å²) in [5.74, 6) is 0.532. The fourth-order valence-corrected chi connectivity index (χ4v) is 1.06. The second kappa shape index (κ2) is 5.80. The van der Waals surface area contributed by atoms with E-state index < -0.39 is 0 Å². The van der Waals surface area contributed by atoms with Crippen molar-refractivity contribution < 1.29 is 14.3 Å². The largest absolute Gasteiger partial charge is 0.493 e. The van der Waals surface area contributed by atoms with Gasteiger partial charge in [0, 0.05) is 12.6 Å². The quantitative estimate of drug-likeness (QED) is 0.733. The molecule has 0 spiro atoms. The Kier molecular flexibility index (Phi) is 4.34. The van der Waals surface area contributed by atoms with E-state index >= 15 is 0 Å². The van der Waals surface area contributed by atoms with Gasteiger partial charge in [0.1, 0.15) is 12.0 Å². The Labute approximate surface area is 88.2 Å². The summed E-state index contributed by atoms with van der Waals surface area (Å²) >= 11 is 0. The van der Waals surface area contributed by atoms with Gasteiger partial charge in [-0.2, -0.15) is 0 Å². The van der Waals surface area contributed by atoms with Crippen molar-refractivity contribution in [3.05, 3.63) is 29.8 Å². The highest BCUT2D eigenvalue weighted by molar-refractivity contribution is 5.76. The van der Waals surface area contributed by atoms with E-state index in [0.29, 0.717) is 24.3 Å². The first-order chi connectivity index (χ1) is 7.26. The number of amides is 1. The molecule has 0 aromatic heterocycles. The van der Waals surface area contributed by atoms with E-state index in [1.807, 2.05) is 0 Å². The van der Waals surface area contributed by atoms with Crippen LogP contribution in [0.1, 0.15) is 16.8 Å². The third-order valence-corrected chi connectivity index (χ3v) is 1.87. The summed E-state index contributed by atoms with van der Waals surface area (Å²) in [7, 11) is 1.58. The Bertz CT molecular complexity index is 349. The van der Waals surface area contributed by atoms with Crippen molar-refractivity contribution in [3.8, 4) is 5.75 Å². The van der Waals surface area contributed by atoms with Gasteiger partial charge in [-0.05, 0) is 12.1 Å². The molecule has 0 aliphatic heterocycles. The molecular weight excluding hydrogens is 194 g/mol. The standard InChI is InChI=1S/C11H13NO3/c1-12-11(14)5-6-15-10-4-2-3-9(7-10)8-13/h2-4,7-8H,5-6H2,1H3,(H,12,14). The number of rotatable bonds is 5. The number of hydrogen-bond donors (Lipinski definition) is 1. The number of hydrogen-bond acceptors (Lipinski definition) is 3. The van der Waals surface area contributed by atoms with Crippen molar-refractivity contribution in [3.63, 3.8) is 0 Å². The van der Waals surface area contributed by atoms with Crippen molar-refractivity contribution in [2.24, 2.45) is 0 Å². The molecule has 0 radical (unpaired) electrons. The second-order valence-corrected chi connectivity index (χ2v) is 2.96. The maximum atomic E-state index is 10.9. The molecule has 0 aliphatic carbocycles. The number of carbonyl (C=O) groups is 2. The third kappa shape index (κ3) is 3.81. The molecule has 80 valence electrons. The SMILES string of the molecule is CNC(=O)CCOc1cccc(C=O)c1. The fourth-order valence-electron chi connectivity index (χ4n) is 1.06. The van der Waals surface area contributed by atoms with Crippen molar-refractivity contribution in [1.82, 2.24) is 5.32 Å². The van der Waals surface area contributed by atoms with Crippen LogP contribution in [0.3, 0.4) is 0 Å². The number of carbonyl (C=O) groups excluding carboxylic acids is 2. The van der Waals surface area contributed by atoms with E-state index in [1.54, 1.807) is 31.3 Å². The van der Waals surface area contributed by atoms with Crippen LogP contribution >= 0.6 is 0 Å². The molecule has 15 heavy (non-hydrogen) atoms. The van der Waals surface area contributed by atoms with Crippen LogP contribution < -0.4 is 10.1 Å². The lowest BCUT2D eigenvalue weighted by Crippen LogP contribution is -2.20. The van der Waals surface area contributed by atoms with Crippen LogP contribution in [0.4, 0.5) is 0 Å². The number of benzene rings is 1. The summed E-state index contributed by atoms with van der Waals surface area (Å²) in [4.78, 5) is 21.3. The molecule has 4 nitrogen and oxygen atoms in total. The van der Waals surface area contributed by atoms with Gasteiger partial charge in [-0.15, -0.1) is 0 Å². The molecule has 4 heteroatoms. The molecule has 1 amide bonds. The van der Waals surface area contributed by atoms with E-state index in [9.17, 15) is 9.59 Å². The first kappa shape index (κ1) is 11.2. The fraction of sp³-hybridized carbons (Fsp3) is 0.273. The Morgan fingerprint density at radius 1 is 1.53 bits per heavy atom. The summed E-state index contributed by atoms with van der Waals surface area (Å²) in [5.41, 5.74) is 0.562. The lowest BCUT2D eigenvalue weighted by molar-refractivity contribution is -0.121. The molecule has 1 aromatic rings. The van der Waals surface area contributed by atoms with E-state index in [-0.39, 0.29) is 5.91 Å². The number of aldehydes is 1. The number of ether oxygens (including phenoxy) is 1. The maximum Gasteiger partial charge on any atom is 0.223 e. The second-order valence-electron chi connectivity index (χ2n) is 2.96. The first-order valence-electron chi connectivity index (χ1n) is 4.65. The van der Waals surface area contributed by atoms with Gasteiger partial charge in [-0.25, -0.2) is 0 Å². The minimum Gasteiger partial charge on any atom is -0.493 e. The zero-order valence-corrected chi connectivity index (χ0v) is 8.53. The van der Waals surface area contributed by atoms with Gasteiger partial charge in [0.15, 0.2) is 0 Å². The molecule has 1 rings (SSSR count). The van der Waals surface area contributed by atoms with Gasteiger partial charge in [0.25, 0.3) is 0 Å². The van der Waals surface area contributed by atoms with Crippen molar-refractivity contribution >= 4 is 12.2 Å². The van der Waals surface area contributed by atoms with Crippen LogP contribution in [-0.2, 0) is 4.79 Å².